The fourth-order valence-electron chi connectivity index (χ4n) is 4.20. The van der Waals surface area contributed by atoms with Crippen LogP contribution in [0.25, 0.3) is 0 Å². The van der Waals surface area contributed by atoms with Crippen molar-refractivity contribution in [2.75, 3.05) is 32.7 Å². The summed E-state index contributed by atoms with van der Waals surface area (Å²) in [6.45, 7) is 4.87. The number of carbonyl (C=O) groups is 2. The van der Waals surface area contributed by atoms with E-state index in [1.54, 1.807) is 11.8 Å². The summed E-state index contributed by atoms with van der Waals surface area (Å²) in [7, 11) is -3.57. The topological polar surface area (TPSA) is 74.8 Å². The second kappa shape index (κ2) is 9.98. The Labute approximate surface area is 188 Å². The molecule has 1 aromatic rings. The second-order valence-electron chi connectivity index (χ2n) is 8.09. The van der Waals surface area contributed by atoms with Crippen molar-refractivity contribution < 1.29 is 18.0 Å². The number of halogens is 2. The molecular weight excluding hydrogens is 447 g/mol. The number of carbonyl (C=O) groups excluding carboxylic acids is 2. The van der Waals surface area contributed by atoms with Crippen LogP contribution in [-0.4, -0.2) is 67.9 Å². The van der Waals surface area contributed by atoms with E-state index in [4.69, 9.17) is 23.2 Å². The number of Topliss-reactive ketones (excluding diaryl/α,β-unsaturated/α-hetero) is 1. The fourth-order valence-corrected chi connectivity index (χ4v) is 6.94. The number of piperazine rings is 1. The van der Waals surface area contributed by atoms with Crippen LogP contribution in [0.2, 0.25) is 10.0 Å². The van der Waals surface area contributed by atoms with Crippen molar-refractivity contribution >= 4 is 44.7 Å². The molecule has 1 saturated carbocycles. The molecule has 2 aliphatic rings. The van der Waals surface area contributed by atoms with Gasteiger partial charge >= 0.3 is 0 Å². The molecule has 0 radical (unpaired) electrons. The predicted molar refractivity (Wildman–Crippen MR) is 118 cm³/mol. The molecule has 0 N–H and O–H groups in total. The Morgan fingerprint density at radius 3 is 2.23 bits per heavy atom. The van der Waals surface area contributed by atoms with E-state index < -0.39 is 15.1 Å². The quantitative estimate of drug-likeness (QED) is 0.585. The maximum atomic E-state index is 13.0. The van der Waals surface area contributed by atoms with E-state index in [2.05, 4.69) is 4.90 Å². The molecule has 0 spiro atoms. The number of hydrogen-bond donors (Lipinski definition) is 0. The van der Waals surface area contributed by atoms with Crippen LogP contribution in [0.4, 0.5) is 0 Å². The summed E-state index contributed by atoms with van der Waals surface area (Å²) >= 11 is 12.6. The zero-order valence-electron chi connectivity index (χ0n) is 17.2. The maximum Gasteiger partial charge on any atom is 0.219 e. The molecule has 1 amide bonds. The lowest BCUT2D eigenvalue weighted by Crippen LogP contribution is -2.48. The molecule has 30 heavy (non-hydrogen) atoms. The normalized spacial score (nSPS) is 19.1. The van der Waals surface area contributed by atoms with Crippen LogP contribution in [-0.2, 0) is 14.6 Å². The minimum atomic E-state index is -3.57. The first-order chi connectivity index (χ1) is 14.2. The maximum absolute atomic E-state index is 13.0. The van der Waals surface area contributed by atoms with E-state index in [1.165, 1.54) is 12.1 Å². The number of benzene rings is 1. The van der Waals surface area contributed by atoms with Crippen LogP contribution in [0.15, 0.2) is 17.0 Å². The highest BCUT2D eigenvalue weighted by molar-refractivity contribution is 7.92. The lowest BCUT2D eigenvalue weighted by atomic mass is 10.0. The van der Waals surface area contributed by atoms with Gasteiger partial charge < -0.3 is 4.90 Å². The first-order valence-corrected chi connectivity index (χ1v) is 12.7. The summed E-state index contributed by atoms with van der Waals surface area (Å²) in [5.41, 5.74) is 0.256. The molecule has 9 heteroatoms. The Morgan fingerprint density at radius 1 is 1.00 bits per heavy atom. The molecule has 1 aliphatic carbocycles. The van der Waals surface area contributed by atoms with Crippen molar-refractivity contribution in [3.05, 3.63) is 27.7 Å². The minimum absolute atomic E-state index is 0.0259. The van der Waals surface area contributed by atoms with Gasteiger partial charge in [0.05, 0.1) is 20.2 Å². The van der Waals surface area contributed by atoms with Crippen molar-refractivity contribution in [2.45, 2.75) is 55.6 Å². The number of nitrogens with zero attached hydrogens (tertiary/aromatic N) is 2. The summed E-state index contributed by atoms with van der Waals surface area (Å²) < 4.78 is 26.0. The fraction of sp³-hybridized carbons (Fsp3) is 0.619. The van der Waals surface area contributed by atoms with Crippen LogP contribution < -0.4 is 0 Å². The molecule has 0 atom stereocenters. The predicted octanol–water partition coefficient (Wildman–Crippen LogP) is 3.84. The number of hydrogen-bond acceptors (Lipinski definition) is 5. The number of amides is 1. The van der Waals surface area contributed by atoms with E-state index >= 15 is 0 Å². The largest absolute Gasteiger partial charge is 0.340 e. The Kier molecular flexibility index (Phi) is 7.82. The van der Waals surface area contributed by atoms with Gasteiger partial charge in [0.15, 0.2) is 15.6 Å². The van der Waals surface area contributed by atoms with Gasteiger partial charge in [-0.2, -0.15) is 0 Å². The van der Waals surface area contributed by atoms with Gasteiger partial charge in [0.2, 0.25) is 5.91 Å². The van der Waals surface area contributed by atoms with E-state index in [0.717, 1.165) is 32.4 Å². The Balaban J connectivity index is 1.66. The summed E-state index contributed by atoms with van der Waals surface area (Å²) in [4.78, 5) is 28.1. The smallest absolute Gasteiger partial charge is 0.219 e. The molecule has 1 aromatic carbocycles. The van der Waals surface area contributed by atoms with Gasteiger partial charge in [-0.15, -0.1) is 0 Å². The summed E-state index contributed by atoms with van der Waals surface area (Å²) in [5.74, 6) is -0.104. The molecule has 0 aromatic heterocycles. The first kappa shape index (κ1) is 23.5. The molecule has 0 bridgehead atoms. The van der Waals surface area contributed by atoms with Crippen LogP contribution in [0.1, 0.15) is 55.8 Å². The highest BCUT2D eigenvalue weighted by atomic mass is 35.5. The zero-order chi connectivity index (χ0) is 21.9. The molecule has 0 unspecified atom stereocenters. The second-order valence-corrected chi connectivity index (χ2v) is 11.1. The van der Waals surface area contributed by atoms with E-state index in [9.17, 15) is 18.0 Å². The Morgan fingerprint density at radius 2 is 1.63 bits per heavy atom. The van der Waals surface area contributed by atoms with Crippen molar-refractivity contribution in [1.29, 1.82) is 0 Å². The van der Waals surface area contributed by atoms with Gasteiger partial charge in [0.1, 0.15) is 0 Å². The van der Waals surface area contributed by atoms with E-state index in [1.807, 2.05) is 0 Å². The molecule has 6 nitrogen and oxygen atoms in total. The van der Waals surface area contributed by atoms with Crippen LogP contribution in [0.5, 0.6) is 0 Å². The Bertz CT molecular complexity index is 906. The third kappa shape index (κ3) is 5.36. The molecule has 1 aliphatic heterocycles. The highest BCUT2D eigenvalue weighted by Gasteiger charge is 2.32. The standard InChI is InChI=1S/C21H28Cl2N2O4S/c1-15(26)25-11-9-24(10-12-25)8-7-20(27)17-13-19(23)21(14-18(17)22)30(28,29)16-5-3-2-4-6-16/h13-14,16H,2-12H2,1H3. The van der Waals surface area contributed by atoms with Crippen molar-refractivity contribution in [2.24, 2.45) is 0 Å². The molecule has 1 saturated heterocycles. The average Bonchev–Trinajstić information content (AvgIpc) is 2.74. The number of sulfone groups is 1. The lowest BCUT2D eigenvalue weighted by molar-refractivity contribution is -0.130. The SMILES string of the molecule is CC(=O)N1CCN(CCC(=O)c2cc(Cl)c(S(=O)(=O)C3CCCCC3)cc2Cl)CC1. The molecule has 3 rings (SSSR count). The highest BCUT2D eigenvalue weighted by Crippen LogP contribution is 2.35. The lowest BCUT2D eigenvalue weighted by Gasteiger charge is -2.34. The van der Waals surface area contributed by atoms with Gasteiger partial charge in [-0.3, -0.25) is 14.5 Å². The molecule has 2 fully saturated rings. The summed E-state index contributed by atoms with van der Waals surface area (Å²) in [5, 5.41) is -0.251. The minimum Gasteiger partial charge on any atom is -0.340 e. The van der Waals surface area contributed by atoms with Crippen LogP contribution >= 0.6 is 23.2 Å². The third-order valence-electron chi connectivity index (χ3n) is 6.09. The van der Waals surface area contributed by atoms with Crippen LogP contribution in [0, 0.1) is 0 Å². The van der Waals surface area contributed by atoms with Gasteiger partial charge in [-0.25, -0.2) is 8.42 Å². The van der Waals surface area contributed by atoms with Gasteiger partial charge in [0.25, 0.3) is 0 Å². The number of ketones is 1. The van der Waals surface area contributed by atoms with E-state index in [0.29, 0.717) is 32.5 Å². The third-order valence-corrected chi connectivity index (χ3v) is 9.13. The molecule has 1 heterocycles. The van der Waals surface area contributed by atoms with Gasteiger partial charge in [0, 0.05) is 51.6 Å². The zero-order valence-corrected chi connectivity index (χ0v) is 19.5. The monoisotopic (exact) mass is 474 g/mol. The van der Waals surface area contributed by atoms with Crippen LogP contribution in [0.3, 0.4) is 0 Å². The molecule has 166 valence electrons. The first-order valence-electron chi connectivity index (χ1n) is 10.4. The molecular formula is C21H28Cl2N2O4S. The summed E-state index contributed by atoms with van der Waals surface area (Å²) in [6.07, 6.45) is 4.36. The average molecular weight is 475 g/mol. The number of rotatable bonds is 6. The van der Waals surface area contributed by atoms with Crippen molar-refractivity contribution in [3.8, 4) is 0 Å². The van der Waals surface area contributed by atoms with Crippen molar-refractivity contribution in [3.63, 3.8) is 0 Å². The van der Waals surface area contributed by atoms with Crippen molar-refractivity contribution in [1.82, 2.24) is 9.80 Å². The summed E-state index contributed by atoms with van der Waals surface area (Å²) in [6, 6.07) is 2.74. The van der Waals surface area contributed by atoms with Gasteiger partial charge in [-0.05, 0) is 25.0 Å². The Hall–Kier alpha value is -1.15. The van der Waals surface area contributed by atoms with E-state index in [-0.39, 0.29) is 38.6 Å². The van der Waals surface area contributed by atoms with Gasteiger partial charge in [-0.1, -0.05) is 42.5 Å².